The third-order valence-electron chi connectivity index (χ3n) is 3.64. The first kappa shape index (κ1) is 18.9. The molecule has 1 heterocycles. The van der Waals surface area contributed by atoms with Crippen LogP contribution in [0, 0.1) is 0 Å². The van der Waals surface area contributed by atoms with Crippen molar-refractivity contribution in [3.05, 3.63) is 46.1 Å². The van der Waals surface area contributed by atoms with Crippen molar-refractivity contribution in [2.24, 2.45) is 0 Å². The van der Waals surface area contributed by atoms with Gasteiger partial charge >= 0.3 is 12.0 Å². The van der Waals surface area contributed by atoms with E-state index < -0.39 is 18.0 Å². The van der Waals surface area contributed by atoms with E-state index in [0.717, 1.165) is 0 Å². The Balaban J connectivity index is 2.53. The number of hydrogen-bond donors (Lipinski definition) is 2. The maximum Gasteiger partial charge on any atom is 0.338 e. The van der Waals surface area contributed by atoms with Crippen LogP contribution in [0.25, 0.3) is 0 Å². The Morgan fingerprint density at radius 3 is 2.56 bits per heavy atom. The molecule has 25 heavy (non-hydrogen) atoms. The SMILES string of the molecule is C=CCOC(=O)C1=C(C)NC(=O)N[C@@H]1c1cc(OC)c(OC)cc1Br. The monoisotopic (exact) mass is 410 g/mol. The zero-order valence-electron chi connectivity index (χ0n) is 14.1. The minimum absolute atomic E-state index is 0.0728. The number of halogens is 1. The minimum Gasteiger partial charge on any atom is -0.493 e. The summed E-state index contributed by atoms with van der Waals surface area (Å²) in [5.41, 5.74) is 1.36. The summed E-state index contributed by atoms with van der Waals surface area (Å²) >= 11 is 3.46. The van der Waals surface area contributed by atoms with Gasteiger partial charge in [0.05, 0.1) is 25.8 Å². The lowest BCUT2D eigenvalue weighted by Gasteiger charge is -2.29. The molecule has 0 fully saturated rings. The molecule has 0 radical (unpaired) electrons. The molecule has 0 saturated carbocycles. The quantitative estimate of drug-likeness (QED) is 0.556. The van der Waals surface area contributed by atoms with Crippen LogP contribution in [0.15, 0.2) is 40.5 Å². The Bertz CT molecular complexity index is 745. The number of carbonyl (C=O) groups excluding carboxylic acids is 2. The zero-order chi connectivity index (χ0) is 18.6. The van der Waals surface area contributed by atoms with Gasteiger partial charge in [-0.15, -0.1) is 0 Å². The number of nitrogens with one attached hydrogen (secondary N) is 2. The van der Waals surface area contributed by atoms with Crippen LogP contribution in [-0.4, -0.2) is 32.8 Å². The number of methoxy groups -OCH3 is 2. The lowest BCUT2D eigenvalue weighted by Crippen LogP contribution is -2.45. The number of ether oxygens (including phenoxy) is 3. The van der Waals surface area contributed by atoms with Crippen LogP contribution < -0.4 is 20.1 Å². The van der Waals surface area contributed by atoms with Gasteiger partial charge in [-0.25, -0.2) is 9.59 Å². The van der Waals surface area contributed by atoms with Crippen LogP contribution in [0.5, 0.6) is 11.5 Å². The highest BCUT2D eigenvalue weighted by Gasteiger charge is 2.34. The predicted molar refractivity (Wildman–Crippen MR) is 95.5 cm³/mol. The molecule has 2 N–H and O–H groups in total. The van der Waals surface area contributed by atoms with Gasteiger partial charge in [0.1, 0.15) is 6.61 Å². The van der Waals surface area contributed by atoms with Crippen molar-refractivity contribution in [1.82, 2.24) is 10.6 Å². The van der Waals surface area contributed by atoms with Crippen molar-refractivity contribution in [1.29, 1.82) is 0 Å². The highest BCUT2D eigenvalue weighted by atomic mass is 79.9. The second kappa shape index (κ2) is 8.06. The van der Waals surface area contributed by atoms with E-state index in [2.05, 4.69) is 33.1 Å². The fraction of sp³-hybridized carbons (Fsp3) is 0.294. The largest absolute Gasteiger partial charge is 0.493 e. The molecular weight excluding hydrogens is 392 g/mol. The standard InChI is InChI=1S/C17H19BrN2O5/c1-5-6-25-16(21)14-9(2)19-17(22)20-15(14)10-7-12(23-3)13(24-4)8-11(10)18/h5,7-8,15H,1,6H2,2-4H3,(H2,19,20,22)/t15-/m1/s1. The van der Waals surface area contributed by atoms with Crippen LogP contribution in [-0.2, 0) is 9.53 Å². The average Bonchev–Trinajstić information content (AvgIpc) is 2.58. The maximum absolute atomic E-state index is 12.5. The van der Waals surface area contributed by atoms with E-state index in [4.69, 9.17) is 14.2 Å². The summed E-state index contributed by atoms with van der Waals surface area (Å²) in [6.45, 7) is 5.24. The highest BCUT2D eigenvalue weighted by Crippen LogP contribution is 2.39. The fourth-order valence-corrected chi connectivity index (χ4v) is 3.05. The van der Waals surface area contributed by atoms with E-state index >= 15 is 0 Å². The number of allylic oxidation sites excluding steroid dienone is 1. The van der Waals surface area contributed by atoms with Gasteiger partial charge in [0, 0.05) is 10.2 Å². The van der Waals surface area contributed by atoms with Gasteiger partial charge in [-0.3, -0.25) is 0 Å². The smallest absolute Gasteiger partial charge is 0.338 e. The van der Waals surface area contributed by atoms with E-state index in [-0.39, 0.29) is 6.61 Å². The molecule has 1 aliphatic heterocycles. The summed E-state index contributed by atoms with van der Waals surface area (Å²) in [6, 6.07) is 2.29. The van der Waals surface area contributed by atoms with Gasteiger partial charge in [-0.05, 0) is 24.6 Å². The van der Waals surface area contributed by atoms with Crippen molar-refractivity contribution < 1.29 is 23.8 Å². The van der Waals surface area contributed by atoms with Gasteiger partial charge in [-0.2, -0.15) is 0 Å². The molecule has 2 amide bonds. The molecule has 1 aromatic carbocycles. The van der Waals surface area contributed by atoms with Crippen LogP contribution in [0.4, 0.5) is 4.79 Å². The summed E-state index contributed by atoms with van der Waals surface area (Å²) < 4.78 is 16.4. The van der Waals surface area contributed by atoms with E-state index in [1.165, 1.54) is 20.3 Å². The van der Waals surface area contributed by atoms with Crippen molar-refractivity contribution in [3.8, 4) is 11.5 Å². The average molecular weight is 411 g/mol. The molecule has 0 aromatic heterocycles. The molecule has 0 unspecified atom stereocenters. The Kier molecular flexibility index (Phi) is 6.08. The van der Waals surface area contributed by atoms with Gasteiger partial charge in [0.15, 0.2) is 11.5 Å². The topological polar surface area (TPSA) is 85.9 Å². The molecule has 0 spiro atoms. The Labute approximate surface area is 154 Å². The van der Waals surface area contributed by atoms with Crippen LogP contribution in [0.3, 0.4) is 0 Å². The number of hydrogen-bond acceptors (Lipinski definition) is 5. The van der Waals surface area contributed by atoms with Gasteiger partial charge in [0.25, 0.3) is 0 Å². The molecule has 1 atom stereocenters. The Morgan fingerprint density at radius 1 is 1.32 bits per heavy atom. The van der Waals surface area contributed by atoms with Gasteiger partial charge < -0.3 is 24.8 Å². The molecule has 8 heteroatoms. The normalized spacial score (nSPS) is 16.6. The summed E-state index contributed by atoms with van der Waals surface area (Å²) in [6.07, 6.45) is 1.48. The summed E-state index contributed by atoms with van der Waals surface area (Å²) in [4.78, 5) is 24.4. The van der Waals surface area contributed by atoms with Crippen molar-refractivity contribution in [2.45, 2.75) is 13.0 Å². The third-order valence-corrected chi connectivity index (χ3v) is 4.32. The van der Waals surface area contributed by atoms with Crippen LogP contribution in [0.1, 0.15) is 18.5 Å². The van der Waals surface area contributed by atoms with E-state index in [1.54, 1.807) is 19.1 Å². The number of urea groups is 1. The van der Waals surface area contributed by atoms with Gasteiger partial charge in [0.2, 0.25) is 0 Å². The second-order valence-corrected chi connectivity index (χ2v) is 6.04. The van der Waals surface area contributed by atoms with Crippen molar-refractivity contribution in [2.75, 3.05) is 20.8 Å². The number of amides is 2. The molecular formula is C17H19BrN2O5. The lowest BCUT2D eigenvalue weighted by molar-refractivity contribution is -0.138. The molecule has 0 aliphatic carbocycles. The zero-order valence-corrected chi connectivity index (χ0v) is 15.7. The maximum atomic E-state index is 12.5. The minimum atomic E-state index is -0.708. The van der Waals surface area contributed by atoms with Crippen LogP contribution >= 0.6 is 15.9 Å². The molecule has 134 valence electrons. The third kappa shape index (κ3) is 3.96. The lowest BCUT2D eigenvalue weighted by atomic mass is 9.95. The number of rotatable bonds is 6. The number of carbonyl (C=O) groups is 2. The molecule has 1 aromatic rings. The summed E-state index contributed by atoms with van der Waals surface area (Å²) in [5.74, 6) is 0.455. The van der Waals surface area contributed by atoms with E-state index in [9.17, 15) is 9.59 Å². The molecule has 0 bridgehead atoms. The molecule has 0 saturated heterocycles. The summed E-state index contributed by atoms with van der Waals surface area (Å²) in [5, 5.41) is 5.33. The Morgan fingerprint density at radius 2 is 1.96 bits per heavy atom. The van der Waals surface area contributed by atoms with E-state index in [0.29, 0.717) is 32.8 Å². The predicted octanol–water partition coefficient (Wildman–Crippen LogP) is 2.82. The molecule has 1 aliphatic rings. The first-order valence-corrected chi connectivity index (χ1v) is 8.19. The fourth-order valence-electron chi connectivity index (χ4n) is 2.50. The molecule has 2 rings (SSSR count). The van der Waals surface area contributed by atoms with E-state index in [1.807, 2.05) is 0 Å². The number of esters is 1. The van der Waals surface area contributed by atoms with Crippen molar-refractivity contribution >= 4 is 27.9 Å². The van der Waals surface area contributed by atoms with Crippen molar-refractivity contribution in [3.63, 3.8) is 0 Å². The van der Waals surface area contributed by atoms with Crippen LogP contribution in [0.2, 0.25) is 0 Å². The number of benzene rings is 1. The molecule has 7 nitrogen and oxygen atoms in total. The second-order valence-electron chi connectivity index (χ2n) is 5.19. The van der Waals surface area contributed by atoms with Gasteiger partial charge in [-0.1, -0.05) is 28.6 Å². The first-order valence-electron chi connectivity index (χ1n) is 7.40. The Hall–Kier alpha value is -2.48. The first-order chi connectivity index (χ1) is 11.9. The summed E-state index contributed by atoms with van der Waals surface area (Å²) in [7, 11) is 3.04. The highest BCUT2D eigenvalue weighted by molar-refractivity contribution is 9.10.